The number of rotatable bonds is 2. The molecule has 5 nitrogen and oxygen atoms in total. The molecule has 0 bridgehead atoms. The van der Waals surface area contributed by atoms with Gasteiger partial charge in [-0.3, -0.25) is 0 Å². The first-order valence-corrected chi connectivity index (χ1v) is 6.86. The predicted octanol–water partition coefficient (Wildman–Crippen LogP) is 1.88. The van der Waals surface area contributed by atoms with Crippen LogP contribution in [0.3, 0.4) is 0 Å². The zero-order valence-corrected chi connectivity index (χ0v) is 10.6. The highest BCUT2D eigenvalue weighted by molar-refractivity contribution is 5.46. The smallest absolute Gasteiger partial charge is 0.159 e. The summed E-state index contributed by atoms with van der Waals surface area (Å²) < 4.78 is 5.67. The Hall–Kier alpha value is -1.20. The fraction of sp³-hybridized carbons (Fsp3) is 0.692. The molecule has 3 rings (SSSR count). The van der Waals surface area contributed by atoms with Crippen LogP contribution in [-0.4, -0.2) is 16.6 Å². The average Bonchev–Trinajstić information content (AvgIpc) is 2.83. The number of hydrogen-bond acceptors (Lipinski definition) is 5. The number of ether oxygens (including phenoxy) is 1. The highest BCUT2D eigenvalue weighted by atomic mass is 16.5. The van der Waals surface area contributed by atoms with Gasteiger partial charge in [0, 0.05) is 17.9 Å². The van der Waals surface area contributed by atoms with Gasteiger partial charge in [-0.15, -0.1) is 0 Å². The summed E-state index contributed by atoms with van der Waals surface area (Å²) in [5.74, 6) is 7.22. The Morgan fingerprint density at radius 1 is 1.11 bits per heavy atom. The number of nitrogens with one attached hydrogen (secondary N) is 1. The predicted molar refractivity (Wildman–Crippen MR) is 69.0 cm³/mol. The lowest BCUT2D eigenvalue weighted by Crippen LogP contribution is -2.16. The molecule has 1 fully saturated rings. The van der Waals surface area contributed by atoms with E-state index in [2.05, 4.69) is 10.4 Å². The second-order valence-corrected chi connectivity index (χ2v) is 5.06. The number of nitrogens with zero attached hydrogens (tertiary/aromatic N) is 2. The van der Waals surface area contributed by atoms with E-state index in [1.165, 1.54) is 30.5 Å². The minimum absolute atomic E-state index is 0.0608. The number of anilines is 1. The third kappa shape index (κ3) is 2.20. The Balaban J connectivity index is 1.98. The molecule has 18 heavy (non-hydrogen) atoms. The lowest BCUT2D eigenvalue weighted by molar-refractivity contribution is 0.105. The van der Waals surface area contributed by atoms with Gasteiger partial charge in [-0.1, -0.05) is 6.42 Å². The van der Waals surface area contributed by atoms with Gasteiger partial charge in [0.1, 0.15) is 11.9 Å². The Labute approximate surface area is 107 Å². The molecule has 5 heteroatoms. The molecule has 2 heterocycles. The average molecular weight is 248 g/mol. The summed E-state index contributed by atoms with van der Waals surface area (Å²) in [5.41, 5.74) is 5.11. The Bertz CT molecular complexity index is 429. The molecule has 1 atom stereocenters. The van der Waals surface area contributed by atoms with Gasteiger partial charge in [-0.25, -0.2) is 15.8 Å². The maximum atomic E-state index is 5.67. The van der Waals surface area contributed by atoms with Crippen LogP contribution < -0.4 is 11.3 Å². The molecular weight excluding hydrogens is 228 g/mol. The van der Waals surface area contributed by atoms with Crippen LogP contribution in [0, 0.1) is 0 Å². The molecule has 1 aliphatic carbocycles. The summed E-state index contributed by atoms with van der Waals surface area (Å²) in [7, 11) is 0. The van der Waals surface area contributed by atoms with E-state index in [-0.39, 0.29) is 6.10 Å². The van der Waals surface area contributed by atoms with Crippen molar-refractivity contribution in [3.05, 3.63) is 17.1 Å². The molecule has 0 spiro atoms. The summed E-state index contributed by atoms with van der Waals surface area (Å²) >= 11 is 0. The Morgan fingerprint density at radius 2 is 2.00 bits per heavy atom. The highest BCUT2D eigenvalue weighted by Gasteiger charge is 2.24. The third-order valence-electron chi connectivity index (χ3n) is 3.80. The monoisotopic (exact) mass is 248 g/mol. The number of aromatic nitrogens is 2. The van der Waals surface area contributed by atoms with Crippen LogP contribution in [0.1, 0.15) is 55.3 Å². The van der Waals surface area contributed by atoms with E-state index in [0.29, 0.717) is 0 Å². The van der Waals surface area contributed by atoms with Crippen LogP contribution in [0.4, 0.5) is 5.82 Å². The molecule has 1 aromatic rings. The second kappa shape index (κ2) is 5.20. The molecule has 1 saturated heterocycles. The van der Waals surface area contributed by atoms with Crippen molar-refractivity contribution in [2.24, 2.45) is 5.84 Å². The summed E-state index contributed by atoms with van der Waals surface area (Å²) in [6, 6.07) is 0. The van der Waals surface area contributed by atoms with Gasteiger partial charge >= 0.3 is 0 Å². The van der Waals surface area contributed by atoms with Gasteiger partial charge in [-0.2, -0.15) is 0 Å². The van der Waals surface area contributed by atoms with Crippen molar-refractivity contribution < 1.29 is 4.74 Å². The van der Waals surface area contributed by atoms with Crippen molar-refractivity contribution in [3.8, 4) is 0 Å². The largest absolute Gasteiger partial charge is 0.370 e. The van der Waals surface area contributed by atoms with Gasteiger partial charge in [0.2, 0.25) is 0 Å². The van der Waals surface area contributed by atoms with Crippen molar-refractivity contribution in [3.63, 3.8) is 0 Å². The summed E-state index contributed by atoms with van der Waals surface area (Å²) in [6.07, 6.45) is 7.90. The van der Waals surface area contributed by atoms with Gasteiger partial charge < -0.3 is 10.2 Å². The SMILES string of the molecule is NNc1nc(C2CCCO2)nc2c1CCCCC2. The molecule has 1 aromatic heterocycles. The molecule has 2 aliphatic rings. The topological polar surface area (TPSA) is 73.1 Å². The quantitative estimate of drug-likeness (QED) is 0.475. The maximum absolute atomic E-state index is 5.67. The fourth-order valence-corrected chi connectivity index (χ4v) is 2.83. The molecule has 98 valence electrons. The number of nitrogen functional groups attached to an aromatic ring is 1. The van der Waals surface area contributed by atoms with Crippen molar-refractivity contribution >= 4 is 5.82 Å². The number of hydrazine groups is 1. The summed E-state index contributed by atoms with van der Waals surface area (Å²) in [4.78, 5) is 9.29. The molecule has 0 amide bonds. The molecular formula is C13H20N4O. The fourth-order valence-electron chi connectivity index (χ4n) is 2.83. The first-order chi connectivity index (χ1) is 8.88. The zero-order valence-electron chi connectivity index (χ0n) is 10.6. The van der Waals surface area contributed by atoms with E-state index < -0.39 is 0 Å². The molecule has 0 aromatic carbocycles. The Morgan fingerprint density at radius 3 is 2.78 bits per heavy atom. The minimum atomic E-state index is 0.0608. The number of fused-ring (bicyclic) bond motifs is 1. The number of nitrogens with two attached hydrogens (primary N) is 1. The summed E-state index contributed by atoms with van der Waals surface area (Å²) in [6.45, 7) is 0.816. The van der Waals surface area contributed by atoms with E-state index >= 15 is 0 Å². The zero-order chi connectivity index (χ0) is 12.4. The normalized spacial score (nSPS) is 23.5. The molecule has 0 radical (unpaired) electrons. The van der Waals surface area contributed by atoms with Crippen LogP contribution in [0.5, 0.6) is 0 Å². The molecule has 3 N–H and O–H groups in total. The van der Waals surface area contributed by atoms with Crippen LogP contribution in [0.15, 0.2) is 0 Å². The van der Waals surface area contributed by atoms with Crippen molar-refractivity contribution in [1.29, 1.82) is 0 Å². The number of hydrogen-bond donors (Lipinski definition) is 2. The molecule has 1 unspecified atom stereocenters. The van der Waals surface area contributed by atoms with E-state index in [1.807, 2.05) is 0 Å². The van der Waals surface area contributed by atoms with E-state index in [0.717, 1.165) is 43.9 Å². The van der Waals surface area contributed by atoms with E-state index in [1.54, 1.807) is 0 Å². The van der Waals surface area contributed by atoms with Crippen LogP contribution in [-0.2, 0) is 17.6 Å². The van der Waals surface area contributed by atoms with Crippen molar-refractivity contribution in [1.82, 2.24) is 9.97 Å². The second-order valence-electron chi connectivity index (χ2n) is 5.06. The van der Waals surface area contributed by atoms with Crippen LogP contribution in [0.25, 0.3) is 0 Å². The van der Waals surface area contributed by atoms with Crippen molar-refractivity contribution in [2.45, 2.75) is 51.0 Å². The lowest BCUT2D eigenvalue weighted by Gasteiger charge is -2.15. The number of aryl methyl sites for hydroxylation is 1. The first kappa shape index (κ1) is 11.9. The minimum Gasteiger partial charge on any atom is -0.370 e. The van der Waals surface area contributed by atoms with Crippen LogP contribution in [0.2, 0.25) is 0 Å². The van der Waals surface area contributed by atoms with Gasteiger partial charge in [0.15, 0.2) is 5.82 Å². The standard InChI is InChI=1S/C13H20N4O/c14-17-12-9-5-2-1-3-6-10(9)15-13(16-12)11-7-4-8-18-11/h11H,1-8,14H2,(H,15,16,17). The van der Waals surface area contributed by atoms with Gasteiger partial charge in [0.25, 0.3) is 0 Å². The van der Waals surface area contributed by atoms with Gasteiger partial charge in [-0.05, 0) is 38.5 Å². The Kier molecular flexibility index (Phi) is 3.43. The lowest BCUT2D eigenvalue weighted by atomic mass is 10.1. The van der Waals surface area contributed by atoms with E-state index in [9.17, 15) is 0 Å². The summed E-state index contributed by atoms with van der Waals surface area (Å²) in [5, 5.41) is 0. The maximum Gasteiger partial charge on any atom is 0.159 e. The molecule has 1 aliphatic heterocycles. The first-order valence-electron chi connectivity index (χ1n) is 6.86. The third-order valence-corrected chi connectivity index (χ3v) is 3.80. The highest BCUT2D eigenvalue weighted by Crippen LogP contribution is 2.30. The molecule has 0 saturated carbocycles. The van der Waals surface area contributed by atoms with E-state index in [4.69, 9.17) is 15.6 Å². The van der Waals surface area contributed by atoms with Crippen molar-refractivity contribution in [2.75, 3.05) is 12.0 Å². The van der Waals surface area contributed by atoms with Gasteiger partial charge in [0.05, 0.1) is 0 Å². The van der Waals surface area contributed by atoms with Crippen LogP contribution >= 0.6 is 0 Å².